The number of nitrogens with two attached hydrogens (primary N) is 1. The second kappa shape index (κ2) is 6.12. The third kappa shape index (κ3) is 5.28. The van der Waals surface area contributed by atoms with Crippen molar-refractivity contribution in [2.75, 3.05) is 6.61 Å². The fourth-order valence-electron chi connectivity index (χ4n) is 1.18. The van der Waals surface area contributed by atoms with Crippen LogP contribution in [-0.2, 0) is 0 Å². The molecule has 6 heteroatoms. The first-order valence-corrected chi connectivity index (χ1v) is 5.02. The first-order chi connectivity index (χ1) is 7.29. The molecular weight excluding hydrogens is 250 g/mol. The summed E-state index contributed by atoms with van der Waals surface area (Å²) in [7, 11) is 0. The number of pyridine rings is 1. The molecule has 1 aromatic rings. The van der Waals surface area contributed by atoms with Crippen LogP contribution in [0, 0.1) is 6.92 Å². The first-order valence-electron chi connectivity index (χ1n) is 5.02. The SMILES string of the molecule is Cc1cc(C(C)N)cnc1OCC(C)(F)F.Cl. The first kappa shape index (κ1) is 16.1. The van der Waals surface area contributed by atoms with Gasteiger partial charge in [-0.05, 0) is 25.5 Å². The summed E-state index contributed by atoms with van der Waals surface area (Å²) in [4.78, 5) is 3.97. The highest BCUT2D eigenvalue weighted by atomic mass is 35.5. The molecular formula is C11H17ClF2N2O. The average Bonchev–Trinajstić information content (AvgIpc) is 2.14. The van der Waals surface area contributed by atoms with E-state index in [0.29, 0.717) is 5.56 Å². The Morgan fingerprint density at radius 2 is 2.12 bits per heavy atom. The molecule has 1 unspecified atom stereocenters. The Kier molecular flexibility index (Phi) is 5.78. The van der Waals surface area contributed by atoms with Crippen LogP contribution in [0.4, 0.5) is 8.78 Å². The highest BCUT2D eigenvalue weighted by Gasteiger charge is 2.22. The van der Waals surface area contributed by atoms with Crippen molar-refractivity contribution in [1.29, 1.82) is 0 Å². The molecule has 17 heavy (non-hydrogen) atoms. The van der Waals surface area contributed by atoms with E-state index >= 15 is 0 Å². The Morgan fingerprint density at radius 1 is 1.53 bits per heavy atom. The minimum absolute atomic E-state index is 0. The van der Waals surface area contributed by atoms with Crippen LogP contribution in [0.1, 0.15) is 31.0 Å². The smallest absolute Gasteiger partial charge is 0.278 e. The largest absolute Gasteiger partial charge is 0.471 e. The molecule has 0 bridgehead atoms. The van der Waals surface area contributed by atoms with E-state index in [1.807, 2.05) is 6.92 Å². The molecule has 0 aliphatic carbocycles. The summed E-state index contributed by atoms with van der Waals surface area (Å²) in [5.74, 6) is -2.63. The van der Waals surface area contributed by atoms with Crippen LogP contribution in [0.25, 0.3) is 0 Å². The van der Waals surface area contributed by atoms with Crippen molar-refractivity contribution in [3.63, 3.8) is 0 Å². The van der Waals surface area contributed by atoms with E-state index < -0.39 is 12.5 Å². The minimum atomic E-state index is -2.85. The molecule has 98 valence electrons. The molecule has 0 fully saturated rings. The van der Waals surface area contributed by atoms with Crippen LogP contribution in [0.2, 0.25) is 0 Å². The molecule has 3 nitrogen and oxygen atoms in total. The molecule has 0 saturated carbocycles. The fourth-order valence-corrected chi connectivity index (χ4v) is 1.18. The predicted molar refractivity (Wildman–Crippen MR) is 64.9 cm³/mol. The lowest BCUT2D eigenvalue weighted by atomic mass is 10.1. The fraction of sp³-hybridized carbons (Fsp3) is 0.545. The van der Waals surface area contributed by atoms with Crippen molar-refractivity contribution in [3.8, 4) is 5.88 Å². The van der Waals surface area contributed by atoms with E-state index in [1.165, 1.54) is 0 Å². The maximum Gasteiger partial charge on any atom is 0.278 e. The van der Waals surface area contributed by atoms with Crippen LogP contribution in [0.3, 0.4) is 0 Å². The molecule has 0 aliphatic heterocycles. The lowest BCUT2D eigenvalue weighted by Gasteiger charge is -2.14. The summed E-state index contributed by atoms with van der Waals surface area (Å²) < 4.78 is 30.1. The quantitative estimate of drug-likeness (QED) is 0.912. The Balaban J connectivity index is 0.00000256. The zero-order valence-electron chi connectivity index (χ0n) is 10.0. The molecule has 1 rings (SSSR count). The summed E-state index contributed by atoms with van der Waals surface area (Å²) in [6.45, 7) is 3.72. The lowest BCUT2D eigenvalue weighted by molar-refractivity contribution is -0.0244. The van der Waals surface area contributed by atoms with Gasteiger partial charge in [0.15, 0.2) is 6.61 Å². The van der Waals surface area contributed by atoms with Gasteiger partial charge in [0.1, 0.15) is 0 Å². The van der Waals surface area contributed by atoms with Gasteiger partial charge in [0.05, 0.1) is 0 Å². The molecule has 1 atom stereocenters. The average molecular weight is 267 g/mol. The molecule has 2 N–H and O–H groups in total. The zero-order chi connectivity index (χ0) is 12.3. The van der Waals surface area contributed by atoms with E-state index in [9.17, 15) is 8.78 Å². The Bertz CT molecular complexity index is 367. The third-order valence-electron chi connectivity index (χ3n) is 2.04. The number of nitrogens with zero attached hydrogens (tertiary/aromatic N) is 1. The minimum Gasteiger partial charge on any atom is -0.471 e. The van der Waals surface area contributed by atoms with Gasteiger partial charge >= 0.3 is 0 Å². The summed E-state index contributed by atoms with van der Waals surface area (Å²) in [5, 5.41) is 0. The second-order valence-corrected chi connectivity index (χ2v) is 4.04. The molecule has 1 aromatic heterocycles. The van der Waals surface area contributed by atoms with Crippen molar-refractivity contribution in [1.82, 2.24) is 4.98 Å². The Labute approximate surface area is 106 Å². The van der Waals surface area contributed by atoms with E-state index in [0.717, 1.165) is 12.5 Å². The number of hydrogen-bond donors (Lipinski definition) is 1. The van der Waals surface area contributed by atoms with Gasteiger partial charge in [-0.1, -0.05) is 0 Å². The predicted octanol–water partition coefficient (Wildman–Crippen LogP) is 2.87. The van der Waals surface area contributed by atoms with E-state index in [2.05, 4.69) is 4.98 Å². The second-order valence-electron chi connectivity index (χ2n) is 4.04. The number of rotatable bonds is 4. The van der Waals surface area contributed by atoms with Crippen LogP contribution in [0.5, 0.6) is 5.88 Å². The van der Waals surface area contributed by atoms with E-state index in [4.69, 9.17) is 10.5 Å². The number of hydrogen-bond acceptors (Lipinski definition) is 3. The Morgan fingerprint density at radius 3 is 2.53 bits per heavy atom. The number of aryl methyl sites for hydroxylation is 1. The van der Waals surface area contributed by atoms with Crippen molar-refractivity contribution >= 4 is 12.4 Å². The number of ether oxygens (including phenoxy) is 1. The van der Waals surface area contributed by atoms with Gasteiger partial charge in [0, 0.05) is 24.7 Å². The molecule has 0 aliphatic rings. The number of aromatic nitrogens is 1. The topological polar surface area (TPSA) is 48.1 Å². The van der Waals surface area contributed by atoms with Gasteiger partial charge in [0.25, 0.3) is 5.92 Å². The number of alkyl halides is 2. The van der Waals surface area contributed by atoms with Gasteiger partial charge in [0.2, 0.25) is 5.88 Å². The van der Waals surface area contributed by atoms with E-state index in [-0.39, 0.29) is 24.3 Å². The molecule has 0 radical (unpaired) electrons. The van der Waals surface area contributed by atoms with Crippen LogP contribution in [0.15, 0.2) is 12.3 Å². The maximum absolute atomic E-state index is 12.6. The van der Waals surface area contributed by atoms with Crippen LogP contribution >= 0.6 is 12.4 Å². The van der Waals surface area contributed by atoms with Crippen molar-refractivity contribution in [2.24, 2.45) is 5.73 Å². The standard InChI is InChI=1S/C11H16F2N2O.ClH/c1-7-4-9(8(2)14)5-15-10(7)16-6-11(3,12)13;/h4-5,8H,6,14H2,1-3H3;1H. The summed E-state index contributed by atoms with van der Waals surface area (Å²) in [6.07, 6.45) is 1.54. The summed E-state index contributed by atoms with van der Waals surface area (Å²) in [5.41, 5.74) is 7.24. The Hall–Kier alpha value is -0.940. The number of halogens is 3. The highest BCUT2D eigenvalue weighted by Crippen LogP contribution is 2.20. The van der Waals surface area contributed by atoms with Crippen LogP contribution < -0.4 is 10.5 Å². The van der Waals surface area contributed by atoms with Crippen molar-refractivity contribution in [3.05, 3.63) is 23.4 Å². The molecule has 0 spiro atoms. The van der Waals surface area contributed by atoms with Crippen molar-refractivity contribution in [2.45, 2.75) is 32.7 Å². The summed E-state index contributed by atoms with van der Waals surface area (Å²) >= 11 is 0. The van der Waals surface area contributed by atoms with Gasteiger partial charge in [-0.15, -0.1) is 12.4 Å². The lowest BCUT2D eigenvalue weighted by Crippen LogP contribution is -2.21. The maximum atomic E-state index is 12.6. The van der Waals surface area contributed by atoms with Gasteiger partial charge < -0.3 is 10.5 Å². The monoisotopic (exact) mass is 266 g/mol. The molecule has 0 amide bonds. The molecule has 1 heterocycles. The molecule has 0 aromatic carbocycles. The van der Waals surface area contributed by atoms with Crippen LogP contribution in [-0.4, -0.2) is 17.5 Å². The van der Waals surface area contributed by atoms with E-state index in [1.54, 1.807) is 19.2 Å². The van der Waals surface area contributed by atoms with Gasteiger partial charge in [-0.2, -0.15) is 0 Å². The van der Waals surface area contributed by atoms with Gasteiger partial charge in [-0.25, -0.2) is 13.8 Å². The zero-order valence-corrected chi connectivity index (χ0v) is 10.9. The van der Waals surface area contributed by atoms with Crippen molar-refractivity contribution < 1.29 is 13.5 Å². The molecule has 0 saturated heterocycles. The normalized spacial score (nSPS) is 12.8. The third-order valence-corrected chi connectivity index (χ3v) is 2.04. The summed E-state index contributed by atoms with van der Waals surface area (Å²) in [6, 6.07) is 1.66. The highest BCUT2D eigenvalue weighted by molar-refractivity contribution is 5.85. The van der Waals surface area contributed by atoms with Gasteiger partial charge in [-0.3, -0.25) is 0 Å².